The zero-order valence-corrected chi connectivity index (χ0v) is 27.7. The van der Waals surface area contributed by atoms with Crippen LogP contribution in [0.3, 0.4) is 0 Å². The average molecular weight is 653 g/mol. The second-order valence-corrected chi connectivity index (χ2v) is 15.7. The van der Waals surface area contributed by atoms with Gasteiger partial charge in [0.15, 0.2) is 17.0 Å². The number of aliphatic hydroxyl groups excluding tert-OH is 3. The van der Waals surface area contributed by atoms with Crippen molar-refractivity contribution in [2.75, 3.05) is 6.61 Å². The summed E-state index contributed by atoms with van der Waals surface area (Å²) in [6.45, 7) is 6.13. The van der Waals surface area contributed by atoms with Crippen LogP contribution in [0.25, 0.3) is 0 Å². The lowest BCUT2D eigenvalue weighted by Gasteiger charge is -2.79. The van der Waals surface area contributed by atoms with Crippen molar-refractivity contribution in [1.82, 2.24) is 0 Å². The molecule has 7 aliphatic rings. The number of hydrogen-bond donors (Lipinski definition) is 4. The van der Waals surface area contributed by atoms with Crippen LogP contribution < -0.4 is 0 Å². The normalized spacial score (nSPS) is 46.3. The van der Waals surface area contributed by atoms with Crippen LogP contribution in [0.2, 0.25) is 0 Å². The molecule has 1 heterocycles. The summed E-state index contributed by atoms with van der Waals surface area (Å²) in [7, 11) is 0. The van der Waals surface area contributed by atoms with Gasteiger partial charge in [0, 0.05) is 31.1 Å². The first-order valence-corrected chi connectivity index (χ1v) is 17.3. The Morgan fingerprint density at radius 2 is 1.60 bits per heavy atom. The molecule has 10 nitrogen and oxygen atoms in total. The standard InChI is InChI=1S/C37H48O10/c1-20-26-29(41)30(42)34(4)24(39)17-25-35(19-45-25,46-21(2)38)32(34)36(47-31(43)23-15-11-8-12-16-23)18-33(26,3)37(36,44)27(28(20)40)22-13-9-6-5-7-10-14-22/h8,11-12,15-16,22,24-25,27-29,32,39-41,44H,5-7,9-10,13-14,17-19H2,1-4H3/t24-,25+,27-,28+,29+,32-,33-,34-,35-,36+,37-/m0/s1. The minimum Gasteiger partial charge on any atom is -0.453 e. The second-order valence-electron chi connectivity index (χ2n) is 15.7. The molecule has 1 aromatic carbocycles. The Hall–Kier alpha value is -2.63. The average Bonchev–Trinajstić information content (AvgIpc) is 3.01. The molecule has 4 bridgehead atoms. The number of Topliss-reactive ketones (excluding diaryl/α,β-unsaturated/α-hetero) is 1. The number of carbonyl (C=O) groups is 3. The molecule has 0 radical (unpaired) electrons. The van der Waals surface area contributed by atoms with Crippen molar-refractivity contribution in [2.24, 2.45) is 28.6 Å². The van der Waals surface area contributed by atoms with Gasteiger partial charge in [0.25, 0.3) is 0 Å². The van der Waals surface area contributed by atoms with E-state index in [-0.39, 0.29) is 36.5 Å². The van der Waals surface area contributed by atoms with E-state index in [0.717, 1.165) is 44.9 Å². The highest BCUT2D eigenvalue weighted by Gasteiger charge is 2.90. The number of hydrogen-bond acceptors (Lipinski definition) is 10. The molecule has 6 aliphatic carbocycles. The van der Waals surface area contributed by atoms with Gasteiger partial charge < -0.3 is 34.6 Å². The van der Waals surface area contributed by atoms with E-state index in [0.29, 0.717) is 5.57 Å². The van der Waals surface area contributed by atoms with Crippen molar-refractivity contribution in [3.05, 3.63) is 47.0 Å². The molecule has 10 heteroatoms. The van der Waals surface area contributed by atoms with Gasteiger partial charge >= 0.3 is 11.9 Å². The van der Waals surface area contributed by atoms with Crippen molar-refractivity contribution in [3.8, 4) is 0 Å². The maximum absolute atomic E-state index is 14.8. The van der Waals surface area contributed by atoms with Gasteiger partial charge in [-0.25, -0.2) is 4.79 Å². The minimum absolute atomic E-state index is 0.0231. The minimum atomic E-state index is -2.03. The molecule has 8 rings (SSSR count). The summed E-state index contributed by atoms with van der Waals surface area (Å²) < 4.78 is 18.8. The lowest BCUT2D eigenvalue weighted by atomic mass is 9.29. The van der Waals surface area contributed by atoms with E-state index in [1.54, 1.807) is 44.2 Å². The molecular weight excluding hydrogens is 604 g/mol. The topological polar surface area (TPSA) is 160 Å². The Kier molecular flexibility index (Phi) is 7.66. The number of benzene rings is 1. The fraction of sp³-hybridized carbons (Fsp3) is 0.703. The van der Waals surface area contributed by atoms with Gasteiger partial charge in [0.05, 0.1) is 35.7 Å². The molecule has 1 aromatic rings. The number of ether oxygens (including phenoxy) is 3. The fourth-order valence-corrected chi connectivity index (χ4v) is 11.5. The summed E-state index contributed by atoms with van der Waals surface area (Å²) in [5, 5.41) is 50.1. The quantitative estimate of drug-likeness (QED) is 0.280. The first-order valence-electron chi connectivity index (χ1n) is 17.3. The molecule has 5 saturated carbocycles. The maximum atomic E-state index is 14.8. The highest BCUT2D eigenvalue weighted by Crippen LogP contribution is 2.78. The molecule has 1 aliphatic heterocycles. The van der Waals surface area contributed by atoms with Crippen molar-refractivity contribution in [1.29, 1.82) is 0 Å². The van der Waals surface area contributed by atoms with Crippen LogP contribution in [0, 0.1) is 28.6 Å². The lowest BCUT2D eigenvalue weighted by molar-refractivity contribution is -0.416. The van der Waals surface area contributed by atoms with E-state index in [1.165, 1.54) is 13.8 Å². The SMILES string of the molecule is CC(=O)O[C@@]12CO[C@@H]1C[C@H](O)[C@@]1(C)C(=O)[C@H](O)C3=C(C)[C@@H](O)[C@H](C4CCCCCCC4)[C@]4(O)[C@@]3(C)C[C@@]4(OC(=O)c3ccccc3)[C@H]21. The van der Waals surface area contributed by atoms with Gasteiger partial charge in [0.1, 0.15) is 17.8 Å². The number of ketones is 1. The first-order chi connectivity index (χ1) is 22.2. The Bertz CT molecular complexity index is 1500. The van der Waals surface area contributed by atoms with Crippen LogP contribution in [0.5, 0.6) is 0 Å². The molecule has 11 atom stereocenters. The highest BCUT2D eigenvalue weighted by atomic mass is 16.6. The van der Waals surface area contributed by atoms with Crippen LogP contribution in [-0.2, 0) is 23.8 Å². The Balaban J connectivity index is 1.54. The summed E-state index contributed by atoms with van der Waals surface area (Å²) in [4.78, 5) is 41.9. The van der Waals surface area contributed by atoms with Gasteiger partial charge in [-0.05, 0) is 55.9 Å². The first kappa shape index (κ1) is 32.9. The monoisotopic (exact) mass is 652 g/mol. The molecule has 1 saturated heterocycles. The van der Waals surface area contributed by atoms with E-state index in [1.807, 2.05) is 0 Å². The number of fused-ring (bicyclic) bond motifs is 2. The predicted octanol–water partition coefficient (Wildman–Crippen LogP) is 3.42. The Labute approximate surface area is 275 Å². The lowest BCUT2D eigenvalue weighted by Crippen LogP contribution is -2.92. The van der Waals surface area contributed by atoms with Crippen LogP contribution in [0.4, 0.5) is 0 Å². The number of rotatable bonds is 4. The molecule has 0 aromatic heterocycles. The summed E-state index contributed by atoms with van der Waals surface area (Å²) in [5.74, 6) is -4.46. The van der Waals surface area contributed by atoms with Crippen molar-refractivity contribution >= 4 is 17.7 Å². The van der Waals surface area contributed by atoms with Crippen molar-refractivity contribution in [2.45, 2.75) is 127 Å². The van der Waals surface area contributed by atoms with Gasteiger partial charge in [-0.2, -0.15) is 0 Å². The summed E-state index contributed by atoms with van der Waals surface area (Å²) in [5.41, 5.74) is -7.80. The van der Waals surface area contributed by atoms with Gasteiger partial charge in [0.2, 0.25) is 0 Å². The van der Waals surface area contributed by atoms with Crippen molar-refractivity contribution in [3.63, 3.8) is 0 Å². The zero-order valence-electron chi connectivity index (χ0n) is 27.7. The molecule has 6 fully saturated rings. The zero-order chi connectivity index (χ0) is 33.7. The summed E-state index contributed by atoms with van der Waals surface area (Å²) in [6, 6.07) is 8.36. The van der Waals surface area contributed by atoms with Crippen LogP contribution in [0.1, 0.15) is 95.8 Å². The molecule has 4 N–H and O–H groups in total. The molecule has 0 amide bonds. The van der Waals surface area contributed by atoms with E-state index in [4.69, 9.17) is 14.2 Å². The van der Waals surface area contributed by atoms with E-state index >= 15 is 0 Å². The third-order valence-corrected chi connectivity index (χ3v) is 13.5. The Morgan fingerprint density at radius 3 is 2.19 bits per heavy atom. The van der Waals surface area contributed by atoms with Crippen LogP contribution >= 0.6 is 0 Å². The van der Waals surface area contributed by atoms with Gasteiger partial charge in [-0.15, -0.1) is 0 Å². The highest BCUT2D eigenvalue weighted by molar-refractivity contribution is 5.95. The molecule has 47 heavy (non-hydrogen) atoms. The van der Waals surface area contributed by atoms with E-state index in [2.05, 4.69) is 0 Å². The van der Waals surface area contributed by atoms with Gasteiger partial charge in [-0.1, -0.05) is 57.2 Å². The maximum Gasteiger partial charge on any atom is 0.338 e. The van der Waals surface area contributed by atoms with Crippen LogP contribution in [-0.4, -0.2) is 86.0 Å². The second kappa shape index (κ2) is 10.9. The number of carbonyl (C=O) groups excluding carboxylic acids is 3. The number of esters is 2. The smallest absolute Gasteiger partial charge is 0.338 e. The van der Waals surface area contributed by atoms with Gasteiger partial charge in [-0.3, -0.25) is 9.59 Å². The fourth-order valence-electron chi connectivity index (χ4n) is 11.5. The van der Waals surface area contributed by atoms with Crippen LogP contribution in [0.15, 0.2) is 41.5 Å². The summed E-state index contributed by atoms with van der Waals surface area (Å²) >= 11 is 0. The summed E-state index contributed by atoms with van der Waals surface area (Å²) in [6.07, 6.45) is 1.09. The number of aliphatic hydroxyl groups is 4. The van der Waals surface area contributed by atoms with E-state index < -0.39 is 81.6 Å². The molecule has 0 spiro atoms. The largest absolute Gasteiger partial charge is 0.453 e. The third kappa shape index (κ3) is 4.05. The molecule has 0 unspecified atom stereocenters. The van der Waals surface area contributed by atoms with Crippen molar-refractivity contribution < 1.29 is 49.0 Å². The third-order valence-electron chi connectivity index (χ3n) is 13.5. The predicted molar refractivity (Wildman–Crippen MR) is 168 cm³/mol. The molecule has 256 valence electrons. The molecular formula is C37H48O10. The Morgan fingerprint density at radius 1 is 0.957 bits per heavy atom. The van der Waals surface area contributed by atoms with E-state index in [9.17, 15) is 34.8 Å².